The van der Waals surface area contributed by atoms with Gasteiger partial charge >= 0.3 is 0 Å². The van der Waals surface area contributed by atoms with Gasteiger partial charge in [-0.3, -0.25) is 20.4 Å². The van der Waals surface area contributed by atoms with Gasteiger partial charge in [-0.2, -0.15) is 0 Å². The molecule has 8 nitrogen and oxygen atoms in total. The van der Waals surface area contributed by atoms with Crippen LogP contribution < -0.4 is 20.9 Å². The Morgan fingerprint density at radius 3 is 2.48 bits per heavy atom. The van der Waals surface area contributed by atoms with E-state index in [1.807, 2.05) is 35.2 Å². The molecule has 2 aromatic rings. The molecule has 31 heavy (non-hydrogen) atoms. The molecule has 2 fully saturated rings. The highest BCUT2D eigenvalue weighted by Crippen LogP contribution is 2.23. The molecule has 0 atom stereocenters. The molecule has 1 aromatic heterocycles. The molecular weight excluding hydrogens is 394 g/mol. The Balaban J connectivity index is 1.20. The number of para-hydroxylation sites is 1. The molecule has 4 rings (SSSR count). The lowest BCUT2D eigenvalue weighted by Gasteiger charge is -2.31. The van der Waals surface area contributed by atoms with Gasteiger partial charge in [-0.1, -0.05) is 18.2 Å². The average molecular weight is 424 g/mol. The van der Waals surface area contributed by atoms with Crippen LogP contribution in [0.2, 0.25) is 0 Å². The van der Waals surface area contributed by atoms with Crippen LogP contribution in [0.5, 0.6) is 11.6 Å². The summed E-state index contributed by atoms with van der Waals surface area (Å²) in [6.07, 6.45) is 4.45. The molecule has 2 saturated heterocycles. The van der Waals surface area contributed by atoms with Crippen LogP contribution in [-0.2, 0) is 9.59 Å². The first-order valence-corrected chi connectivity index (χ1v) is 10.9. The van der Waals surface area contributed by atoms with Crippen molar-refractivity contribution in [1.82, 2.24) is 20.7 Å². The summed E-state index contributed by atoms with van der Waals surface area (Å²) in [7, 11) is 0. The van der Waals surface area contributed by atoms with E-state index in [2.05, 4.69) is 21.2 Å². The van der Waals surface area contributed by atoms with E-state index < -0.39 is 0 Å². The van der Waals surface area contributed by atoms with Crippen LogP contribution in [0.4, 0.5) is 5.69 Å². The second-order valence-corrected chi connectivity index (χ2v) is 8.11. The maximum atomic E-state index is 12.6. The average Bonchev–Trinajstić information content (AvgIpc) is 3.33. The van der Waals surface area contributed by atoms with Gasteiger partial charge < -0.3 is 15.0 Å². The van der Waals surface area contributed by atoms with Gasteiger partial charge in [0.1, 0.15) is 5.75 Å². The van der Waals surface area contributed by atoms with Gasteiger partial charge in [-0.15, -0.1) is 0 Å². The summed E-state index contributed by atoms with van der Waals surface area (Å²) >= 11 is 0. The number of carbonyl (C=O) groups excluding carboxylic acids is 2. The van der Waals surface area contributed by atoms with Crippen molar-refractivity contribution in [2.45, 2.75) is 25.7 Å². The van der Waals surface area contributed by atoms with Crippen molar-refractivity contribution in [3.8, 4) is 11.6 Å². The van der Waals surface area contributed by atoms with Gasteiger partial charge in [-0.05, 0) is 43.4 Å². The lowest BCUT2D eigenvalue weighted by Crippen LogP contribution is -2.41. The third-order valence-corrected chi connectivity index (χ3v) is 5.86. The van der Waals surface area contributed by atoms with Gasteiger partial charge in [-0.25, -0.2) is 4.98 Å². The molecule has 3 heterocycles. The molecule has 3 N–H and O–H groups in total. The molecular formula is C23H29N5O3. The smallest absolute Gasteiger partial charge is 0.227 e. The van der Waals surface area contributed by atoms with Crippen LogP contribution in [0.3, 0.4) is 0 Å². The first kappa shape index (κ1) is 21.3. The summed E-state index contributed by atoms with van der Waals surface area (Å²) in [5.74, 6) is 1.79. The zero-order chi connectivity index (χ0) is 21.5. The summed E-state index contributed by atoms with van der Waals surface area (Å²) in [5.41, 5.74) is 6.83. The molecule has 0 aliphatic carbocycles. The Hall–Kier alpha value is -2.97. The van der Waals surface area contributed by atoms with Gasteiger partial charge in [0.15, 0.2) is 0 Å². The van der Waals surface area contributed by atoms with Crippen molar-refractivity contribution >= 4 is 17.5 Å². The monoisotopic (exact) mass is 423 g/mol. The summed E-state index contributed by atoms with van der Waals surface area (Å²) in [6.45, 7) is 3.12. The number of benzene rings is 1. The van der Waals surface area contributed by atoms with Crippen molar-refractivity contribution in [2.24, 2.45) is 11.8 Å². The highest BCUT2D eigenvalue weighted by Gasteiger charge is 2.28. The van der Waals surface area contributed by atoms with Gasteiger partial charge in [0, 0.05) is 44.6 Å². The van der Waals surface area contributed by atoms with Gasteiger partial charge in [0.05, 0.1) is 11.9 Å². The van der Waals surface area contributed by atoms with Crippen LogP contribution in [0, 0.1) is 11.8 Å². The highest BCUT2D eigenvalue weighted by atomic mass is 16.5. The normalized spacial score (nSPS) is 17.5. The number of hydrogen-bond acceptors (Lipinski definition) is 6. The summed E-state index contributed by atoms with van der Waals surface area (Å²) in [5, 5.41) is 2.93. The number of likely N-dealkylation sites (tertiary alicyclic amines) is 1. The molecule has 164 valence electrons. The summed E-state index contributed by atoms with van der Waals surface area (Å²) < 4.78 is 5.67. The molecule has 2 aliphatic rings. The minimum atomic E-state index is -0.0903. The number of carbonyl (C=O) groups is 2. The summed E-state index contributed by atoms with van der Waals surface area (Å²) in [4.78, 5) is 31.2. The molecule has 2 amide bonds. The summed E-state index contributed by atoms with van der Waals surface area (Å²) in [6, 6.07) is 13.0. The zero-order valence-electron chi connectivity index (χ0n) is 17.5. The predicted octanol–water partition coefficient (Wildman–Crippen LogP) is 2.56. The number of aromatic nitrogens is 1. The van der Waals surface area contributed by atoms with Gasteiger partial charge in [0.25, 0.3) is 0 Å². The number of pyridine rings is 1. The number of nitrogens with one attached hydrogen (secondary N) is 3. The second kappa shape index (κ2) is 10.4. The van der Waals surface area contributed by atoms with E-state index in [1.54, 1.807) is 18.3 Å². The first-order chi connectivity index (χ1) is 15.2. The molecule has 0 spiro atoms. The second-order valence-electron chi connectivity index (χ2n) is 8.11. The molecule has 1 aromatic carbocycles. The quantitative estimate of drug-likeness (QED) is 0.634. The highest BCUT2D eigenvalue weighted by molar-refractivity contribution is 5.92. The number of anilines is 1. The fourth-order valence-corrected chi connectivity index (χ4v) is 3.95. The van der Waals surface area contributed by atoms with E-state index in [0.717, 1.165) is 19.5 Å². The van der Waals surface area contributed by atoms with Crippen LogP contribution >= 0.6 is 0 Å². The first-order valence-electron chi connectivity index (χ1n) is 10.9. The molecule has 0 unspecified atom stereocenters. The largest absolute Gasteiger partial charge is 0.439 e. The number of piperidine rings is 1. The molecule has 0 saturated carbocycles. The predicted molar refractivity (Wildman–Crippen MR) is 117 cm³/mol. The SMILES string of the molecule is O=C(Nc1ccc(Oc2ccccc2)nc1)C1CCN(C(=O)CCC2CNNC2)CC1. The Labute approximate surface area is 182 Å². The van der Waals surface area contributed by atoms with E-state index >= 15 is 0 Å². The lowest BCUT2D eigenvalue weighted by atomic mass is 9.95. The minimum Gasteiger partial charge on any atom is -0.439 e. The number of amides is 2. The Morgan fingerprint density at radius 1 is 1.06 bits per heavy atom. The van der Waals surface area contributed by atoms with E-state index in [1.165, 1.54) is 0 Å². The third-order valence-electron chi connectivity index (χ3n) is 5.86. The number of ether oxygens (including phenoxy) is 1. The number of hydrogen-bond donors (Lipinski definition) is 3. The van der Waals surface area contributed by atoms with E-state index in [4.69, 9.17) is 4.74 Å². The van der Waals surface area contributed by atoms with Crippen LogP contribution in [0.25, 0.3) is 0 Å². The molecule has 8 heteroatoms. The van der Waals surface area contributed by atoms with Crippen molar-refractivity contribution < 1.29 is 14.3 Å². The van der Waals surface area contributed by atoms with E-state index in [9.17, 15) is 9.59 Å². The topological polar surface area (TPSA) is 95.6 Å². The van der Waals surface area contributed by atoms with Crippen molar-refractivity contribution in [2.75, 3.05) is 31.5 Å². The van der Waals surface area contributed by atoms with Gasteiger partial charge in [0.2, 0.25) is 17.7 Å². The van der Waals surface area contributed by atoms with Crippen LogP contribution in [0.15, 0.2) is 48.7 Å². The molecule has 0 bridgehead atoms. The number of rotatable bonds is 7. The fourth-order valence-electron chi connectivity index (χ4n) is 3.95. The number of hydrazine groups is 1. The third kappa shape index (κ3) is 6.02. The van der Waals surface area contributed by atoms with Crippen molar-refractivity contribution in [3.63, 3.8) is 0 Å². The zero-order valence-corrected chi connectivity index (χ0v) is 17.5. The minimum absolute atomic E-state index is 0.0197. The standard InChI is InChI=1S/C23H29N5O3/c29-22(9-6-17-14-25-26-15-17)28-12-10-18(11-13-28)23(30)27-19-7-8-21(24-16-19)31-20-4-2-1-3-5-20/h1-5,7-8,16-18,25-26H,6,9-15H2,(H,27,30). The van der Waals surface area contributed by atoms with E-state index in [0.29, 0.717) is 55.6 Å². The fraction of sp³-hybridized carbons (Fsp3) is 0.435. The maximum Gasteiger partial charge on any atom is 0.227 e. The van der Waals surface area contributed by atoms with Crippen LogP contribution in [-0.4, -0.2) is 47.9 Å². The molecule has 2 aliphatic heterocycles. The lowest BCUT2D eigenvalue weighted by molar-refractivity contribution is -0.134. The van der Waals surface area contributed by atoms with Crippen LogP contribution in [0.1, 0.15) is 25.7 Å². The van der Waals surface area contributed by atoms with Crippen molar-refractivity contribution in [3.05, 3.63) is 48.7 Å². The Bertz CT molecular complexity index is 861. The van der Waals surface area contributed by atoms with Crippen molar-refractivity contribution in [1.29, 1.82) is 0 Å². The molecule has 0 radical (unpaired) electrons. The van der Waals surface area contributed by atoms with E-state index in [-0.39, 0.29) is 17.7 Å². The number of nitrogens with zero attached hydrogens (tertiary/aromatic N) is 2. The Kier molecular flexibility index (Phi) is 7.11. The maximum absolute atomic E-state index is 12.6. The Morgan fingerprint density at radius 2 is 1.81 bits per heavy atom.